The number of halogens is 5. The quantitative estimate of drug-likeness (QED) is 0.759. The van der Waals surface area contributed by atoms with Crippen molar-refractivity contribution in [1.82, 2.24) is 4.98 Å². The number of nitrogens with zero attached hydrogens (tertiary/aromatic N) is 1. The van der Waals surface area contributed by atoms with Gasteiger partial charge in [-0.25, -0.2) is 13.8 Å². The number of aromatic nitrogens is 1. The van der Waals surface area contributed by atoms with Gasteiger partial charge >= 0.3 is 12.3 Å². The van der Waals surface area contributed by atoms with E-state index in [-0.39, 0.29) is 16.8 Å². The number of rotatable bonds is 5. The van der Waals surface area contributed by atoms with E-state index in [2.05, 4.69) is 9.72 Å². The average molecular weight is 286 g/mol. The molecule has 2 nitrogen and oxygen atoms in total. The lowest BCUT2D eigenvalue weighted by Crippen LogP contribution is -2.34. The molecule has 0 aliphatic rings. The zero-order valence-corrected chi connectivity index (χ0v) is 10.5. The first-order valence-corrected chi connectivity index (χ1v) is 5.56. The molecule has 0 aliphatic heterocycles. The summed E-state index contributed by atoms with van der Waals surface area (Å²) in [6, 6.07) is 1.51. The van der Waals surface area contributed by atoms with Crippen LogP contribution >= 0.6 is 11.6 Å². The fraction of sp³-hybridized carbons (Fsp3) is 0.545. The van der Waals surface area contributed by atoms with Gasteiger partial charge in [0.1, 0.15) is 5.02 Å². The summed E-state index contributed by atoms with van der Waals surface area (Å²) in [5.41, 5.74) is 0.799. The summed E-state index contributed by atoms with van der Waals surface area (Å²) < 4.78 is 53.6. The third kappa shape index (κ3) is 3.73. The van der Waals surface area contributed by atoms with Crippen molar-refractivity contribution in [2.75, 3.05) is 6.61 Å². The van der Waals surface area contributed by atoms with Crippen LogP contribution in [0, 0.1) is 0 Å². The van der Waals surface area contributed by atoms with Crippen molar-refractivity contribution < 1.29 is 22.3 Å². The number of pyridine rings is 1. The predicted octanol–water partition coefficient (Wildman–Crippen LogP) is 4.14. The van der Waals surface area contributed by atoms with Crippen LogP contribution in [0.3, 0.4) is 0 Å². The highest BCUT2D eigenvalue weighted by molar-refractivity contribution is 6.31. The van der Waals surface area contributed by atoms with E-state index >= 15 is 0 Å². The van der Waals surface area contributed by atoms with Crippen LogP contribution in [-0.4, -0.2) is 23.9 Å². The molecular formula is C11H12ClF4NO. The lowest BCUT2D eigenvalue weighted by atomic mass is 10.1. The van der Waals surface area contributed by atoms with Crippen molar-refractivity contribution in [3.8, 4) is 5.88 Å². The Hall–Kier alpha value is -1.04. The highest BCUT2D eigenvalue weighted by atomic mass is 35.5. The molecular weight excluding hydrogens is 274 g/mol. The average Bonchev–Trinajstić information content (AvgIpc) is 2.26. The summed E-state index contributed by atoms with van der Waals surface area (Å²) >= 11 is 5.76. The Labute approximate surface area is 107 Å². The standard InChI is InChI=1S/C11H12ClF4NO/c1-6(2)7-3-8(12)9(17-4-7)18-5-11(15,16)10(13)14/h3-4,6,10H,5H2,1-2H3. The van der Waals surface area contributed by atoms with E-state index in [9.17, 15) is 17.6 Å². The van der Waals surface area contributed by atoms with Crippen LogP contribution in [0.15, 0.2) is 12.3 Å². The van der Waals surface area contributed by atoms with E-state index in [1.54, 1.807) is 0 Å². The van der Waals surface area contributed by atoms with Gasteiger partial charge < -0.3 is 4.74 Å². The van der Waals surface area contributed by atoms with Crippen molar-refractivity contribution in [2.45, 2.75) is 32.1 Å². The SMILES string of the molecule is CC(C)c1cnc(OCC(F)(F)C(F)F)c(Cl)c1. The third-order valence-electron chi connectivity index (χ3n) is 2.22. The molecule has 1 rings (SSSR count). The van der Waals surface area contributed by atoms with Crippen molar-refractivity contribution in [3.05, 3.63) is 22.8 Å². The van der Waals surface area contributed by atoms with Gasteiger partial charge in [0, 0.05) is 6.20 Å². The van der Waals surface area contributed by atoms with E-state index < -0.39 is 19.0 Å². The summed E-state index contributed by atoms with van der Waals surface area (Å²) in [5.74, 6) is -4.34. The van der Waals surface area contributed by atoms with Crippen LogP contribution in [0.4, 0.5) is 17.6 Å². The van der Waals surface area contributed by atoms with Gasteiger partial charge in [-0.2, -0.15) is 8.78 Å². The molecule has 0 fully saturated rings. The zero-order valence-electron chi connectivity index (χ0n) is 9.76. The van der Waals surface area contributed by atoms with Gasteiger partial charge in [0.05, 0.1) is 0 Å². The number of alkyl halides is 4. The summed E-state index contributed by atoms with van der Waals surface area (Å²) in [5, 5.41) is 0.0197. The first-order chi connectivity index (χ1) is 8.24. The van der Waals surface area contributed by atoms with Gasteiger partial charge in [-0.1, -0.05) is 25.4 Å². The zero-order chi connectivity index (χ0) is 13.9. The Morgan fingerprint density at radius 2 is 2.00 bits per heavy atom. The Morgan fingerprint density at radius 1 is 1.39 bits per heavy atom. The maximum Gasteiger partial charge on any atom is 0.340 e. The molecule has 0 aliphatic carbocycles. The van der Waals surface area contributed by atoms with Gasteiger partial charge in [-0.3, -0.25) is 0 Å². The van der Waals surface area contributed by atoms with E-state index in [0.717, 1.165) is 5.56 Å². The minimum Gasteiger partial charge on any atom is -0.470 e. The minimum absolute atomic E-state index is 0.0197. The second-order valence-electron chi connectivity index (χ2n) is 4.06. The smallest absolute Gasteiger partial charge is 0.340 e. The number of ether oxygens (including phenoxy) is 1. The molecule has 1 aromatic rings. The Morgan fingerprint density at radius 3 is 2.44 bits per heavy atom. The van der Waals surface area contributed by atoms with E-state index in [1.807, 2.05) is 13.8 Å². The second kappa shape index (κ2) is 5.73. The van der Waals surface area contributed by atoms with Crippen LogP contribution in [0.2, 0.25) is 5.02 Å². The van der Waals surface area contributed by atoms with Crippen LogP contribution in [0.25, 0.3) is 0 Å². The van der Waals surface area contributed by atoms with Crippen molar-refractivity contribution in [3.63, 3.8) is 0 Å². The molecule has 0 atom stereocenters. The summed E-state index contributed by atoms with van der Waals surface area (Å²) in [6.07, 6.45) is -2.38. The molecule has 1 heterocycles. The fourth-order valence-electron chi connectivity index (χ4n) is 1.09. The van der Waals surface area contributed by atoms with E-state index in [1.165, 1.54) is 12.3 Å². The van der Waals surface area contributed by atoms with Gasteiger partial charge in [-0.15, -0.1) is 0 Å². The van der Waals surface area contributed by atoms with Crippen LogP contribution in [0.5, 0.6) is 5.88 Å². The van der Waals surface area contributed by atoms with Crippen molar-refractivity contribution >= 4 is 11.6 Å². The van der Waals surface area contributed by atoms with Gasteiger partial charge in [0.2, 0.25) is 5.88 Å². The monoisotopic (exact) mass is 285 g/mol. The summed E-state index contributed by atoms with van der Waals surface area (Å²) in [6.45, 7) is 2.34. The van der Waals surface area contributed by atoms with Crippen molar-refractivity contribution in [1.29, 1.82) is 0 Å². The third-order valence-corrected chi connectivity index (χ3v) is 2.49. The predicted molar refractivity (Wildman–Crippen MR) is 59.8 cm³/mol. The molecule has 0 saturated heterocycles. The summed E-state index contributed by atoms with van der Waals surface area (Å²) in [4.78, 5) is 3.73. The lowest BCUT2D eigenvalue weighted by molar-refractivity contribution is -0.148. The molecule has 0 unspecified atom stereocenters. The second-order valence-corrected chi connectivity index (χ2v) is 4.47. The largest absolute Gasteiger partial charge is 0.470 e. The Bertz CT molecular complexity index is 412. The molecule has 7 heteroatoms. The topological polar surface area (TPSA) is 22.1 Å². The van der Waals surface area contributed by atoms with E-state index in [0.29, 0.717) is 0 Å². The maximum absolute atomic E-state index is 12.6. The summed E-state index contributed by atoms with van der Waals surface area (Å²) in [7, 11) is 0. The molecule has 0 aromatic carbocycles. The first kappa shape index (κ1) is 15.0. The first-order valence-electron chi connectivity index (χ1n) is 5.18. The van der Waals surface area contributed by atoms with Crippen molar-refractivity contribution in [2.24, 2.45) is 0 Å². The molecule has 0 spiro atoms. The molecule has 0 amide bonds. The highest BCUT2D eigenvalue weighted by Gasteiger charge is 2.42. The molecule has 1 aromatic heterocycles. The molecule has 0 bridgehead atoms. The molecule has 0 saturated carbocycles. The maximum atomic E-state index is 12.6. The molecule has 102 valence electrons. The van der Waals surface area contributed by atoms with Gasteiger partial charge in [-0.05, 0) is 17.5 Å². The van der Waals surface area contributed by atoms with Gasteiger partial charge in [0.25, 0.3) is 0 Å². The Balaban J connectivity index is 2.75. The van der Waals surface area contributed by atoms with Crippen LogP contribution in [-0.2, 0) is 0 Å². The van der Waals surface area contributed by atoms with Crippen LogP contribution < -0.4 is 4.74 Å². The van der Waals surface area contributed by atoms with Crippen LogP contribution in [0.1, 0.15) is 25.3 Å². The molecule has 0 N–H and O–H groups in total. The normalized spacial score (nSPS) is 12.3. The Kier molecular flexibility index (Phi) is 4.78. The van der Waals surface area contributed by atoms with Gasteiger partial charge in [0.15, 0.2) is 6.61 Å². The van der Waals surface area contributed by atoms with E-state index in [4.69, 9.17) is 11.6 Å². The lowest BCUT2D eigenvalue weighted by Gasteiger charge is -2.16. The number of hydrogen-bond acceptors (Lipinski definition) is 2. The highest BCUT2D eigenvalue weighted by Crippen LogP contribution is 2.28. The minimum atomic E-state index is -4.22. The fourth-order valence-corrected chi connectivity index (χ4v) is 1.32. The number of hydrogen-bond donors (Lipinski definition) is 0. The molecule has 18 heavy (non-hydrogen) atoms. The molecule has 0 radical (unpaired) electrons.